The number of pyridine rings is 1. The van der Waals surface area contributed by atoms with Crippen molar-refractivity contribution in [2.45, 2.75) is 25.0 Å². The second kappa shape index (κ2) is 8.67. The quantitative estimate of drug-likeness (QED) is 0.358. The monoisotopic (exact) mass is 492 g/mol. The van der Waals surface area contributed by atoms with Gasteiger partial charge in [-0.1, -0.05) is 24.3 Å². The average molecular weight is 493 g/mol. The summed E-state index contributed by atoms with van der Waals surface area (Å²) in [5, 5.41) is 0. The number of likely N-dealkylation sites (tertiary alicyclic amines) is 1. The molecule has 1 amide bonds. The number of benzene rings is 2. The summed E-state index contributed by atoms with van der Waals surface area (Å²) in [5.41, 5.74) is 1.76. The van der Waals surface area contributed by atoms with Gasteiger partial charge in [-0.3, -0.25) is 14.2 Å². The van der Waals surface area contributed by atoms with Crippen molar-refractivity contribution in [1.82, 2.24) is 14.3 Å². The Kier molecular flexibility index (Phi) is 5.44. The van der Waals surface area contributed by atoms with Crippen molar-refractivity contribution in [2.75, 3.05) is 24.5 Å². The largest absolute Gasteiger partial charge is 0.441 e. The van der Waals surface area contributed by atoms with Gasteiger partial charge >= 0.3 is 6.09 Å². The number of nitrogens with zero attached hydrogens (tertiary/aromatic N) is 4. The van der Waals surface area contributed by atoms with Crippen LogP contribution in [0.5, 0.6) is 0 Å². The van der Waals surface area contributed by atoms with Crippen molar-refractivity contribution in [3.05, 3.63) is 90.0 Å². The summed E-state index contributed by atoms with van der Waals surface area (Å²) in [4.78, 5) is 21.1. The van der Waals surface area contributed by atoms with Gasteiger partial charge in [0.2, 0.25) is 0 Å². The Balaban J connectivity index is 1.24. The fourth-order valence-corrected chi connectivity index (χ4v) is 5.16. The highest BCUT2D eigenvalue weighted by Crippen LogP contribution is 2.37. The maximum Gasteiger partial charge on any atom is 0.415 e. The zero-order valence-electron chi connectivity index (χ0n) is 19.3. The number of imidazole rings is 1. The first-order valence-corrected chi connectivity index (χ1v) is 11.8. The Morgan fingerprint density at radius 3 is 2.42 bits per heavy atom. The molecule has 1 spiro atoms. The van der Waals surface area contributed by atoms with Gasteiger partial charge in [0, 0.05) is 56.0 Å². The maximum absolute atomic E-state index is 14.8. The summed E-state index contributed by atoms with van der Waals surface area (Å²) in [6, 6.07) is 16.3. The molecule has 2 saturated heterocycles. The first-order chi connectivity index (χ1) is 17.4. The number of hydrogen-bond donors (Lipinski definition) is 0. The molecule has 0 unspecified atom stereocenters. The predicted molar refractivity (Wildman–Crippen MR) is 128 cm³/mol. The van der Waals surface area contributed by atoms with Crippen LogP contribution in [0.1, 0.15) is 18.5 Å². The molecule has 36 heavy (non-hydrogen) atoms. The Morgan fingerprint density at radius 2 is 1.64 bits per heavy atom. The highest BCUT2D eigenvalue weighted by atomic mass is 19.2. The number of hydrogen-bond acceptors (Lipinski definition) is 4. The van der Waals surface area contributed by atoms with Crippen molar-refractivity contribution < 1.29 is 22.7 Å². The van der Waals surface area contributed by atoms with E-state index in [-0.39, 0.29) is 11.7 Å². The van der Waals surface area contributed by atoms with Crippen LogP contribution in [0.3, 0.4) is 0 Å². The Morgan fingerprint density at radius 1 is 0.917 bits per heavy atom. The van der Waals surface area contributed by atoms with E-state index in [9.17, 15) is 18.0 Å². The smallest absolute Gasteiger partial charge is 0.415 e. The number of anilines is 1. The summed E-state index contributed by atoms with van der Waals surface area (Å²) in [6.45, 7) is 2.16. The number of carbonyl (C=O) groups excluding carboxylic acids is 1. The fraction of sp³-hybridized carbons (Fsp3) is 0.259. The third kappa shape index (κ3) is 3.89. The minimum atomic E-state index is -1.23. The first-order valence-electron chi connectivity index (χ1n) is 11.8. The number of carbonyl (C=O) groups is 1. The first kappa shape index (κ1) is 22.6. The van der Waals surface area contributed by atoms with E-state index >= 15 is 0 Å². The molecule has 4 aromatic rings. The topological polar surface area (TPSA) is 50.1 Å². The van der Waals surface area contributed by atoms with Crippen LogP contribution in [-0.4, -0.2) is 45.6 Å². The molecule has 0 aliphatic carbocycles. The third-order valence-electron chi connectivity index (χ3n) is 7.05. The molecule has 4 heterocycles. The van der Waals surface area contributed by atoms with E-state index in [0.717, 1.165) is 11.8 Å². The standard InChI is InChI=1S/C27H23F3N4O2/c28-20-15-22(30)21(29)14-19(20)25-23(31-24-8-4-5-11-33(24)25)16-32-12-9-27(10-13-32)17-34(26(35)36-27)18-6-2-1-3-7-18/h1-8,11,14-15H,9-10,12-13,16-17H2. The molecule has 2 aliphatic rings. The third-order valence-corrected chi connectivity index (χ3v) is 7.05. The maximum atomic E-state index is 14.8. The van der Waals surface area contributed by atoms with Gasteiger partial charge < -0.3 is 4.74 Å². The number of aromatic nitrogens is 2. The molecule has 0 N–H and O–H groups in total. The van der Waals surface area contributed by atoms with Gasteiger partial charge in [0.25, 0.3) is 0 Å². The molecule has 0 saturated carbocycles. The average Bonchev–Trinajstić information content (AvgIpc) is 3.40. The predicted octanol–water partition coefficient (Wildman–Crippen LogP) is 5.41. The highest BCUT2D eigenvalue weighted by Gasteiger charge is 2.47. The van der Waals surface area contributed by atoms with E-state index in [1.165, 1.54) is 0 Å². The zero-order chi connectivity index (χ0) is 24.9. The van der Waals surface area contributed by atoms with Crippen molar-refractivity contribution in [3.8, 4) is 11.3 Å². The van der Waals surface area contributed by atoms with Gasteiger partial charge in [0.15, 0.2) is 11.6 Å². The van der Waals surface area contributed by atoms with Gasteiger partial charge in [-0.2, -0.15) is 0 Å². The zero-order valence-corrected chi connectivity index (χ0v) is 19.3. The number of para-hydroxylation sites is 1. The molecule has 6 nitrogen and oxygen atoms in total. The lowest BCUT2D eigenvalue weighted by Gasteiger charge is -2.37. The van der Waals surface area contributed by atoms with E-state index < -0.39 is 23.1 Å². The van der Waals surface area contributed by atoms with Crippen molar-refractivity contribution >= 4 is 17.4 Å². The van der Waals surface area contributed by atoms with Gasteiger partial charge in [-0.25, -0.2) is 22.9 Å². The SMILES string of the molecule is O=C1OC2(CCN(Cc3nc4ccccn4c3-c3cc(F)c(F)cc3F)CC2)CN1c1ccccc1. The van der Waals surface area contributed by atoms with E-state index in [2.05, 4.69) is 9.88 Å². The summed E-state index contributed by atoms with van der Waals surface area (Å²) >= 11 is 0. The normalized spacial score (nSPS) is 17.8. The van der Waals surface area contributed by atoms with Crippen LogP contribution in [0.2, 0.25) is 0 Å². The van der Waals surface area contributed by atoms with E-state index in [4.69, 9.17) is 4.74 Å². The molecule has 2 fully saturated rings. The second-order valence-corrected chi connectivity index (χ2v) is 9.33. The van der Waals surface area contributed by atoms with Gasteiger partial charge in [0.05, 0.1) is 17.9 Å². The molecule has 0 atom stereocenters. The fourth-order valence-electron chi connectivity index (χ4n) is 5.16. The minimum absolute atomic E-state index is 0.0423. The van der Waals surface area contributed by atoms with Crippen LogP contribution in [-0.2, 0) is 11.3 Å². The van der Waals surface area contributed by atoms with Crippen LogP contribution in [0.15, 0.2) is 66.9 Å². The Bertz CT molecular complexity index is 1450. The lowest BCUT2D eigenvalue weighted by atomic mass is 9.91. The summed E-state index contributed by atoms with van der Waals surface area (Å²) in [5.74, 6) is -3.20. The molecule has 2 aliphatic heterocycles. The Labute approximate surface area is 205 Å². The lowest BCUT2D eigenvalue weighted by molar-refractivity contribution is -0.00117. The number of halogens is 3. The molecule has 184 valence electrons. The van der Waals surface area contributed by atoms with Crippen LogP contribution in [0.4, 0.5) is 23.7 Å². The number of amides is 1. The van der Waals surface area contributed by atoms with Crippen molar-refractivity contribution in [2.24, 2.45) is 0 Å². The van der Waals surface area contributed by atoms with Crippen LogP contribution >= 0.6 is 0 Å². The summed E-state index contributed by atoms with van der Waals surface area (Å²) < 4.78 is 50.0. The summed E-state index contributed by atoms with van der Waals surface area (Å²) in [7, 11) is 0. The summed E-state index contributed by atoms with van der Waals surface area (Å²) in [6.07, 6.45) is 2.67. The minimum Gasteiger partial charge on any atom is -0.441 e. The van der Waals surface area contributed by atoms with E-state index in [1.54, 1.807) is 27.6 Å². The van der Waals surface area contributed by atoms with Crippen LogP contribution in [0.25, 0.3) is 16.9 Å². The molecular weight excluding hydrogens is 469 g/mol. The second-order valence-electron chi connectivity index (χ2n) is 9.33. The van der Waals surface area contributed by atoms with Crippen LogP contribution < -0.4 is 4.90 Å². The van der Waals surface area contributed by atoms with Crippen molar-refractivity contribution in [3.63, 3.8) is 0 Å². The van der Waals surface area contributed by atoms with Gasteiger partial charge in [0.1, 0.15) is 17.1 Å². The molecule has 0 radical (unpaired) electrons. The molecule has 2 aromatic heterocycles. The van der Waals surface area contributed by atoms with E-state index in [0.29, 0.717) is 62.1 Å². The van der Waals surface area contributed by atoms with Crippen LogP contribution in [0, 0.1) is 17.5 Å². The molecule has 9 heteroatoms. The number of ether oxygens (including phenoxy) is 1. The number of rotatable bonds is 4. The number of piperidine rings is 1. The molecular formula is C27H23F3N4O2. The molecule has 0 bridgehead atoms. The number of fused-ring (bicyclic) bond motifs is 1. The van der Waals surface area contributed by atoms with Gasteiger partial charge in [-0.05, 0) is 30.3 Å². The van der Waals surface area contributed by atoms with E-state index in [1.807, 2.05) is 36.4 Å². The highest BCUT2D eigenvalue weighted by molar-refractivity contribution is 5.90. The molecule has 2 aromatic carbocycles. The lowest BCUT2D eigenvalue weighted by Crippen LogP contribution is -2.46. The van der Waals surface area contributed by atoms with Crippen molar-refractivity contribution in [1.29, 1.82) is 0 Å². The Hall–Kier alpha value is -3.85. The van der Waals surface area contributed by atoms with Gasteiger partial charge in [-0.15, -0.1) is 0 Å². The molecule has 6 rings (SSSR count).